The van der Waals surface area contributed by atoms with Gasteiger partial charge in [-0.1, -0.05) is 25.2 Å². The van der Waals surface area contributed by atoms with Crippen LogP contribution in [0, 0.1) is 23.7 Å². The molecule has 0 radical (unpaired) electrons. The number of terminal acetylenes is 1. The standard InChI is InChI=1S/C16H20OS/c1-3-16(2,14-7-5-4-6-8-14)11-15(17)13-9-10-18-12-13/h1,9-10,12,14H,4-8,11H2,2H3/t16-/m0/s1. The van der Waals surface area contributed by atoms with Crippen LogP contribution in [0.4, 0.5) is 0 Å². The minimum absolute atomic E-state index is 0.197. The Labute approximate surface area is 114 Å². The van der Waals surface area contributed by atoms with E-state index >= 15 is 0 Å². The van der Waals surface area contributed by atoms with Gasteiger partial charge in [0.05, 0.1) is 0 Å². The zero-order chi connectivity index (χ0) is 13.0. The van der Waals surface area contributed by atoms with Crippen molar-refractivity contribution in [1.82, 2.24) is 0 Å². The number of ketones is 1. The SMILES string of the molecule is C#C[C@@](C)(CC(=O)c1ccsc1)C1CCCCC1. The van der Waals surface area contributed by atoms with Crippen LogP contribution in [0.1, 0.15) is 55.8 Å². The number of carbonyl (C=O) groups is 1. The highest BCUT2D eigenvalue weighted by Crippen LogP contribution is 2.41. The van der Waals surface area contributed by atoms with Gasteiger partial charge in [0.15, 0.2) is 5.78 Å². The zero-order valence-electron chi connectivity index (χ0n) is 10.9. The summed E-state index contributed by atoms with van der Waals surface area (Å²) in [6.07, 6.45) is 12.4. The van der Waals surface area contributed by atoms with Gasteiger partial charge in [-0.25, -0.2) is 0 Å². The second kappa shape index (κ2) is 5.71. The first kappa shape index (κ1) is 13.4. The van der Waals surface area contributed by atoms with Crippen LogP contribution < -0.4 is 0 Å². The summed E-state index contributed by atoms with van der Waals surface area (Å²) in [7, 11) is 0. The molecule has 1 aliphatic rings. The molecule has 1 aromatic heterocycles. The molecule has 1 fully saturated rings. The molecule has 0 spiro atoms. The van der Waals surface area contributed by atoms with Crippen LogP contribution in [-0.2, 0) is 0 Å². The fraction of sp³-hybridized carbons (Fsp3) is 0.562. The summed E-state index contributed by atoms with van der Waals surface area (Å²) >= 11 is 1.56. The average molecular weight is 260 g/mol. The van der Waals surface area contributed by atoms with Crippen molar-refractivity contribution in [2.24, 2.45) is 11.3 Å². The van der Waals surface area contributed by atoms with Gasteiger partial charge in [0.25, 0.3) is 0 Å². The molecular formula is C16H20OS. The predicted octanol–water partition coefficient (Wildman–Crippen LogP) is 4.54. The van der Waals surface area contributed by atoms with E-state index in [2.05, 4.69) is 12.8 Å². The van der Waals surface area contributed by atoms with E-state index < -0.39 is 0 Å². The molecule has 1 aromatic rings. The lowest BCUT2D eigenvalue weighted by molar-refractivity contribution is 0.0893. The second-order valence-electron chi connectivity index (χ2n) is 5.51. The molecule has 0 unspecified atom stereocenters. The monoisotopic (exact) mass is 260 g/mol. The average Bonchev–Trinajstić information content (AvgIpc) is 2.93. The Morgan fingerprint density at radius 1 is 1.50 bits per heavy atom. The number of rotatable bonds is 4. The van der Waals surface area contributed by atoms with Crippen LogP contribution in [0.15, 0.2) is 16.8 Å². The fourth-order valence-electron chi connectivity index (χ4n) is 2.91. The van der Waals surface area contributed by atoms with Crippen LogP contribution >= 0.6 is 11.3 Å². The van der Waals surface area contributed by atoms with Crippen LogP contribution in [0.25, 0.3) is 0 Å². The second-order valence-corrected chi connectivity index (χ2v) is 6.29. The van der Waals surface area contributed by atoms with Crippen LogP contribution in [-0.4, -0.2) is 5.78 Å². The third kappa shape index (κ3) is 2.84. The van der Waals surface area contributed by atoms with Gasteiger partial charge >= 0.3 is 0 Å². The minimum Gasteiger partial charge on any atom is -0.294 e. The van der Waals surface area contributed by atoms with Crippen molar-refractivity contribution in [2.45, 2.75) is 45.4 Å². The summed E-state index contributed by atoms with van der Waals surface area (Å²) in [5, 5.41) is 3.86. The first-order chi connectivity index (χ1) is 8.65. The molecule has 0 aromatic carbocycles. The molecule has 2 heteroatoms. The van der Waals surface area contributed by atoms with Crippen LogP contribution in [0.3, 0.4) is 0 Å². The normalized spacial score (nSPS) is 20.0. The van der Waals surface area contributed by atoms with Crippen molar-refractivity contribution in [3.63, 3.8) is 0 Å². The van der Waals surface area contributed by atoms with Gasteiger partial charge in [0, 0.05) is 22.8 Å². The lowest BCUT2D eigenvalue weighted by Gasteiger charge is -2.35. The van der Waals surface area contributed by atoms with E-state index in [1.807, 2.05) is 16.8 Å². The third-order valence-electron chi connectivity index (χ3n) is 4.21. The molecule has 1 heterocycles. The van der Waals surface area contributed by atoms with Crippen molar-refractivity contribution in [3.8, 4) is 12.3 Å². The maximum atomic E-state index is 12.2. The predicted molar refractivity (Wildman–Crippen MR) is 76.8 cm³/mol. The molecule has 1 saturated carbocycles. The lowest BCUT2D eigenvalue weighted by Crippen LogP contribution is -2.30. The van der Waals surface area contributed by atoms with Gasteiger partial charge in [-0.3, -0.25) is 4.79 Å². The summed E-state index contributed by atoms with van der Waals surface area (Å²) in [4.78, 5) is 12.2. The van der Waals surface area contributed by atoms with Gasteiger partial charge in [0.1, 0.15) is 0 Å². The molecule has 0 bridgehead atoms. The molecule has 1 atom stereocenters. The van der Waals surface area contributed by atoms with Crippen molar-refractivity contribution in [2.75, 3.05) is 0 Å². The smallest absolute Gasteiger partial charge is 0.165 e. The van der Waals surface area contributed by atoms with E-state index in [9.17, 15) is 4.79 Å². The zero-order valence-corrected chi connectivity index (χ0v) is 11.8. The fourth-order valence-corrected chi connectivity index (χ4v) is 3.57. The number of thiophene rings is 1. The summed E-state index contributed by atoms with van der Waals surface area (Å²) in [6, 6.07) is 1.89. The van der Waals surface area contributed by atoms with Crippen molar-refractivity contribution in [3.05, 3.63) is 22.4 Å². The topological polar surface area (TPSA) is 17.1 Å². The summed E-state index contributed by atoms with van der Waals surface area (Å²) in [5.41, 5.74) is 0.552. The number of hydrogen-bond acceptors (Lipinski definition) is 2. The van der Waals surface area contributed by atoms with Crippen molar-refractivity contribution < 1.29 is 4.79 Å². The van der Waals surface area contributed by atoms with Gasteiger partial charge < -0.3 is 0 Å². The van der Waals surface area contributed by atoms with Gasteiger partial charge in [-0.2, -0.15) is 11.3 Å². The number of carbonyl (C=O) groups excluding carboxylic acids is 1. The first-order valence-corrected chi connectivity index (χ1v) is 7.63. The first-order valence-electron chi connectivity index (χ1n) is 6.69. The van der Waals surface area contributed by atoms with E-state index in [0.717, 1.165) is 5.56 Å². The van der Waals surface area contributed by atoms with Gasteiger partial charge in [-0.05, 0) is 37.1 Å². The summed E-state index contributed by atoms with van der Waals surface area (Å²) < 4.78 is 0. The quantitative estimate of drug-likeness (QED) is 0.574. The van der Waals surface area contributed by atoms with E-state index in [0.29, 0.717) is 12.3 Å². The third-order valence-corrected chi connectivity index (χ3v) is 4.89. The van der Waals surface area contributed by atoms with E-state index in [4.69, 9.17) is 6.42 Å². The number of Topliss-reactive ketones (excluding diaryl/α,β-unsaturated/α-hetero) is 1. The summed E-state index contributed by atoms with van der Waals surface area (Å²) in [5.74, 6) is 3.63. The number of hydrogen-bond donors (Lipinski definition) is 0. The Morgan fingerprint density at radius 3 is 2.78 bits per heavy atom. The Balaban J connectivity index is 2.08. The molecule has 18 heavy (non-hydrogen) atoms. The molecule has 2 rings (SSSR count). The molecule has 0 N–H and O–H groups in total. The molecular weight excluding hydrogens is 240 g/mol. The lowest BCUT2D eigenvalue weighted by atomic mass is 9.67. The summed E-state index contributed by atoms with van der Waals surface area (Å²) in [6.45, 7) is 2.09. The largest absolute Gasteiger partial charge is 0.294 e. The van der Waals surface area contributed by atoms with Crippen molar-refractivity contribution in [1.29, 1.82) is 0 Å². The van der Waals surface area contributed by atoms with Gasteiger partial charge in [-0.15, -0.1) is 6.42 Å². The van der Waals surface area contributed by atoms with E-state index in [-0.39, 0.29) is 11.2 Å². The van der Waals surface area contributed by atoms with Crippen LogP contribution in [0.5, 0.6) is 0 Å². The molecule has 0 saturated heterocycles. The Kier molecular flexibility index (Phi) is 4.24. The van der Waals surface area contributed by atoms with Crippen molar-refractivity contribution >= 4 is 17.1 Å². The molecule has 1 nitrogen and oxygen atoms in total. The maximum absolute atomic E-state index is 12.2. The molecule has 0 aliphatic heterocycles. The molecule has 0 amide bonds. The minimum atomic E-state index is -0.264. The maximum Gasteiger partial charge on any atom is 0.165 e. The highest BCUT2D eigenvalue weighted by Gasteiger charge is 2.35. The Morgan fingerprint density at radius 2 is 2.22 bits per heavy atom. The van der Waals surface area contributed by atoms with E-state index in [1.165, 1.54) is 32.1 Å². The highest BCUT2D eigenvalue weighted by molar-refractivity contribution is 7.08. The highest BCUT2D eigenvalue weighted by atomic mass is 32.1. The molecule has 96 valence electrons. The van der Waals surface area contributed by atoms with Crippen LogP contribution in [0.2, 0.25) is 0 Å². The Hall–Kier alpha value is -1.07. The Bertz CT molecular complexity index is 434. The molecule has 1 aliphatic carbocycles. The van der Waals surface area contributed by atoms with Gasteiger partial charge in [0.2, 0.25) is 0 Å². The van der Waals surface area contributed by atoms with E-state index in [1.54, 1.807) is 11.3 Å².